The quantitative estimate of drug-likeness (QED) is 0.122. The van der Waals surface area contributed by atoms with Gasteiger partial charge in [0, 0.05) is 54.9 Å². The topological polar surface area (TPSA) is 129 Å². The summed E-state index contributed by atoms with van der Waals surface area (Å²) in [5, 5.41) is 13.0. The van der Waals surface area contributed by atoms with E-state index in [2.05, 4.69) is 231 Å². The molecule has 104 heavy (non-hydrogen) atoms. The average Bonchev–Trinajstić information content (AvgIpc) is 0.813. The summed E-state index contributed by atoms with van der Waals surface area (Å²) >= 11 is 3.34. The Bertz CT molecular complexity index is 6710. The minimum atomic E-state index is 0.581. The predicted octanol–water partition coefficient (Wildman–Crippen LogP) is 24.9. The molecule has 12 heteroatoms. The molecule has 6 aromatic heterocycles. The van der Waals surface area contributed by atoms with Crippen molar-refractivity contribution in [2.45, 2.75) is 0 Å². The highest BCUT2D eigenvalue weighted by Crippen LogP contribution is 2.46. The fraction of sp³-hybridized carbons (Fsp3) is 0. The van der Waals surface area contributed by atoms with Gasteiger partial charge in [-0.25, -0.2) is 39.9 Å². The number of benzene rings is 15. The number of aromatic nitrogens is 8. The van der Waals surface area contributed by atoms with Crippen molar-refractivity contribution in [2.24, 2.45) is 0 Å². The number of thiazole rings is 2. The van der Waals surface area contributed by atoms with Crippen LogP contribution in [0.3, 0.4) is 0 Å². The molecule has 0 aliphatic rings. The molecule has 0 fully saturated rings. The van der Waals surface area contributed by atoms with Gasteiger partial charge in [0.05, 0.1) is 31.6 Å². The van der Waals surface area contributed by atoms with E-state index in [0.29, 0.717) is 34.9 Å². The van der Waals surface area contributed by atoms with Crippen LogP contribution >= 0.6 is 22.7 Å². The highest BCUT2D eigenvalue weighted by atomic mass is 32.1. The molecule has 0 atom stereocenters. The Hall–Kier alpha value is -13.5. The standard InChI is InChI=1S/C46H26N4OS.C46H28N4OS/c1-2-12-27(13-3-1)43-48-44(28-24-25-33-31-16-5-4-14-29(31)30-15-6-7-17-32(30)37(33)26-28)50-45(49-43)35-19-11-22-39-41(35)34-18-10-20-36(42(34)51-39)46-47-38-21-8-9-23-40(38)52-46;1-3-11-29(12-4-1)31-21-25-33(26-22-31)43-48-44(34-27-23-32(24-28-34)30-13-5-2-6-14-30)50-45(49-43)36-16-10-19-39-41(36)35-15-9-17-37(42(35)51-39)46-47-38-18-7-8-20-40(38)52-46/h1-26H;1-28H. The number of fused-ring (bicyclic) bond motifs is 14. The third-order valence-electron chi connectivity index (χ3n) is 19.4. The minimum Gasteiger partial charge on any atom is -0.455 e. The van der Waals surface area contributed by atoms with E-state index in [0.717, 1.165) is 141 Å². The summed E-state index contributed by atoms with van der Waals surface area (Å²) in [5.74, 6) is 3.61. The van der Waals surface area contributed by atoms with Gasteiger partial charge in [0.2, 0.25) is 0 Å². The first-order chi connectivity index (χ1) is 51.5. The molecule has 10 nitrogen and oxygen atoms in total. The second-order valence-electron chi connectivity index (χ2n) is 25.6. The Kier molecular flexibility index (Phi) is 14.7. The van der Waals surface area contributed by atoms with Crippen LogP contribution in [-0.2, 0) is 0 Å². The molecular formula is C92H54N8O2S2. The maximum Gasteiger partial charge on any atom is 0.164 e. The molecule has 0 saturated carbocycles. The molecule has 486 valence electrons. The number of hydrogen-bond donors (Lipinski definition) is 0. The molecule has 0 amide bonds. The first-order valence-corrected chi connectivity index (χ1v) is 36.0. The average molecular weight is 1370 g/mol. The Morgan fingerprint density at radius 1 is 0.202 bits per heavy atom. The lowest BCUT2D eigenvalue weighted by molar-refractivity contribution is 0.669. The van der Waals surface area contributed by atoms with Gasteiger partial charge in [-0.15, -0.1) is 22.7 Å². The van der Waals surface area contributed by atoms with E-state index >= 15 is 0 Å². The first kappa shape index (κ1) is 60.4. The van der Waals surface area contributed by atoms with Crippen LogP contribution in [0, 0.1) is 0 Å². The summed E-state index contributed by atoms with van der Waals surface area (Å²) in [4.78, 5) is 40.7. The van der Waals surface area contributed by atoms with Crippen molar-refractivity contribution in [3.63, 3.8) is 0 Å². The van der Waals surface area contributed by atoms with Crippen molar-refractivity contribution in [3.8, 4) is 112 Å². The van der Waals surface area contributed by atoms with Gasteiger partial charge in [0.15, 0.2) is 34.9 Å². The van der Waals surface area contributed by atoms with Crippen molar-refractivity contribution in [1.82, 2.24) is 39.9 Å². The highest BCUT2D eigenvalue weighted by molar-refractivity contribution is 7.22. The van der Waals surface area contributed by atoms with Gasteiger partial charge in [-0.3, -0.25) is 0 Å². The van der Waals surface area contributed by atoms with E-state index in [1.807, 2.05) is 97.1 Å². The van der Waals surface area contributed by atoms with Crippen molar-refractivity contribution in [3.05, 3.63) is 328 Å². The maximum atomic E-state index is 6.65. The Morgan fingerprint density at radius 2 is 0.510 bits per heavy atom. The van der Waals surface area contributed by atoms with Gasteiger partial charge in [0.25, 0.3) is 0 Å². The largest absolute Gasteiger partial charge is 0.455 e. The van der Waals surface area contributed by atoms with Crippen LogP contribution in [-0.4, -0.2) is 39.9 Å². The van der Waals surface area contributed by atoms with Gasteiger partial charge in [0.1, 0.15) is 32.3 Å². The van der Waals surface area contributed by atoms with Gasteiger partial charge < -0.3 is 8.83 Å². The number of para-hydroxylation sites is 4. The molecule has 0 radical (unpaired) electrons. The van der Waals surface area contributed by atoms with E-state index in [1.54, 1.807) is 22.7 Å². The first-order valence-electron chi connectivity index (χ1n) is 34.4. The van der Waals surface area contributed by atoms with Crippen molar-refractivity contribution >= 4 is 119 Å². The lowest BCUT2D eigenvalue weighted by Crippen LogP contribution is -2.00. The maximum absolute atomic E-state index is 6.65. The van der Waals surface area contributed by atoms with E-state index < -0.39 is 0 Å². The molecule has 21 rings (SSSR count). The number of nitrogens with zero attached hydrogens (tertiary/aromatic N) is 8. The summed E-state index contributed by atoms with van der Waals surface area (Å²) in [6, 6.07) is 113. The van der Waals surface area contributed by atoms with Gasteiger partial charge >= 0.3 is 0 Å². The third-order valence-corrected chi connectivity index (χ3v) is 21.5. The molecule has 15 aromatic carbocycles. The van der Waals surface area contributed by atoms with Gasteiger partial charge in [-0.2, -0.15) is 0 Å². The third kappa shape index (κ3) is 10.7. The SMILES string of the molecule is c1ccc(-c2ccc(-c3nc(-c4ccc(-c5ccccc5)cc4)nc(-c4cccc5oc6c(-c7nc8ccccc8s7)cccc6c45)n3)cc2)cc1.c1ccc(-c2nc(-c3ccc4c5ccccc5c5ccccc5c4c3)nc(-c3cccc4oc5c(-c6nc7ccccc7s6)cccc5c34)n2)cc1. The molecule has 0 bridgehead atoms. The van der Waals surface area contributed by atoms with Crippen molar-refractivity contribution < 1.29 is 8.83 Å². The summed E-state index contributed by atoms with van der Waals surface area (Å²) in [7, 11) is 0. The summed E-state index contributed by atoms with van der Waals surface area (Å²) in [6.45, 7) is 0. The smallest absolute Gasteiger partial charge is 0.164 e. The predicted molar refractivity (Wildman–Crippen MR) is 427 cm³/mol. The van der Waals surface area contributed by atoms with Gasteiger partial charge in [-0.05, 0) is 109 Å². The second kappa shape index (κ2) is 25.3. The molecule has 21 aromatic rings. The van der Waals surface area contributed by atoms with E-state index in [9.17, 15) is 0 Å². The molecule has 0 aliphatic heterocycles. The highest BCUT2D eigenvalue weighted by Gasteiger charge is 2.24. The van der Waals surface area contributed by atoms with Crippen LogP contribution in [0.25, 0.3) is 208 Å². The second-order valence-corrected chi connectivity index (χ2v) is 27.7. The minimum absolute atomic E-state index is 0.581. The summed E-state index contributed by atoms with van der Waals surface area (Å²) in [6.07, 6.45) is 0. The zero-order valence-electron chi connectivity index (χ0n) is 55.4. The lowest BCUT2D eigenvalue weighted by atomic mass is 9.93. The van der Waals surface area contributed by atoms with Crippen LogP contribution in [0.15, 0.2) is 336 Å². The summed E-state index contributed by atoms with van der Waals surface area (Å²) < 4.78 is 15.6. The Labute approximate surface area is 603 Å². The molecular weight excluding hydrogens is 1310 g/mol. The molecule has 0 spiro atoms. The van der Waals surface area contributed by atoms with E-state index in [4.69, 9.17) is 48.7 Å². The van der Waals surface area contributed by atoms with Crippen molar-refractivity contribution in [1.29, 1.82) is 0 Å². The fourth-order valence-electron chi connectivity index (χ4n) is 14.4. The molecule has 0 saturated heterocycles. The zero-order chi connectivity index (χ0) is 68.6. The van der Waals surface area contributed by atoms with Crippen LogP contribution < -0.4 is 0 Å². The molecule has 0 unspecified atom stereocenters. The number of hydrogen-bond acceptors (Lipinski definition) is 12. The van der Waals surface area contributed by atoms with Crippen LogP contribution in [0.5, 0.6) is 0 Å². The monoisotopic (exact) mass is 1370 g/mol. The lowest BCUT2D eigenvalue weighted by Gasteiger charge is -2.12. The number of furan rings is 2. The summed E-state index contributed by atoms with van der Waals surface area (Å²) in [5.41, 5.74) is 17.1. The normalized spacial score (nSPS) is 11.7. The number of rotatable bonds is 10. The van der Waals surface area contributed by atoms with Gasteiger partial charge in [-0.1, -0.05) is 273 Å². The Morgan fingerprint density at radius 3 is 0.952 bits per heavy atom. The van der Waals surface area contributed by atoms with E-state index in [-0.39, 0.29) is 0 Å². The Balaban J connectivity index is 0.000000139. The van der Waals surface area contributed by atoms with Crippen LogP contribution in [0.1, 0.15) is 0 Å². The molecule has 0 N–H and O–H groups in total. The van der Waals surface area contributed by atoms with Crippen LogP contribution in [0.2, 0.25) is 0 Å². The molecule has 0 aliphatic carbocycles. The van der Waals surface area contributed by atoms with E-state index in [1.165, 1.54) is 32.3 Å². The van der Waals surface area contributed by atoms with Crippen molar-refractivity contribution in [2.75, 3.05) is 0 Å². The van der Waals surface area contributed by atoms with Crippen LogP contribution in [0.4, 0.5) is 0 Å². The molecule has 6 heterocycles. The fourth-order valence-corrected chi connectivity index (χ4v) is 16.4. The zero-order valence-corrected chi connectivity index (χ0v) is 57.0.